The van der Waals surface area contributed by atoms with E-state index in [-0.39, 0.29) is 0 Å². The number of aromatic nitrogens is 2. The van der Waals surface area contributed by atoms with Crippen molar-refractivity contribution >= 4 is 18.0 Å². The molecule has 1 heterocycles. The fourth-order valence-electron chi connectivity index (χ4n) is 1.25. The van der Waals surface area contributed by atoms with E-state index in [0.29, 0.717) is 11.5 Å². The summed E-state index contributed by atoms with van der Waals surface area (Å²) in [7, 11) is 0. The van der Waals surface area contributed by atoms with Gasteiger partial charge in [0.15, 0.2) is 0 Å². The first-order valence-electron chi connectivity index (χ1n) is 5.15. The van der Waals surface area contributed by atoms with Gasteiger partial charge in [0.1, 0.15) is 0 Å². The van der Waals surface area contributed by atoms with Gasteiger partial charge >= 0.3 is 5.97 Å². The van der Waals surface area contributed by atoms with Crippen LogP contribution >= 0.6 is 0 Å². The Hall–Kier alpha value is -1.91. The van der Waals surface area contributed by atoms with E-state index in [1.54, 1.807) is 12.4 Å². The maximum atomic E-state index is 10.3. The third-order valence-corrected chi connectivity index (χ3v) is 2.12. The lowest BCUT2D eigenvalue weighted by Crippen LogP contribution is -2.23. The molecule has 5 heteroatoms. The Morgan fingerprint density at radius 1 is 1.38 bits per heavy atom. The van der Waals surface area contributed by atoms with E-state index in [9.17, 15) is 4.79 Å². The van der Waals surface area contributed by atoms with E-state index in [0.717, 1.165) is 19.2 Å². The average molecular weight is 221 g/mol. The van der Waals surface area contributed by atoms with Gasteiger partial charge in [0.2, 0.25) is 5.95 Å². The second kappa shape index (κ2) is 5.85. The number of carboxylic acids is 1. The summed E-state index contributed by atoms with van der Waals surface area (Å²) >= 11 is 0. The average Bonchev–Trinajstić information content (AvgIpc) is 2.29. The number of hydrogen-bond acceptors (Lipinski definition) is 4. The largest absolute Gasteiger partial charge is 0.478 e. The summed E-state index contributed by atoms with van der Waals surface area (Å²) in [6, 6.07) is 0. The zero-order chi connectivity index (χ0) is 12.0. The highest BCUT2D eigenvalue weighted by atomic mass is 16.4. The molecule has 0 atom stereocenters. The molecule has 0 bridgehead atoms. The molecule has 0 fully saturated rings. The molecule has 0 aliphatic carbocycles. The highest BCUT2D eigenvalue weighted by molar-refractivity contribution is 5.85. The summed E-state index contributed by atoms with van der Waals surface area (Å²) in [4.78, 5) is 20.7. The monoisotopic (exact) mass is 221 g/mol. The van der Waals surface area contributed by atoms with E-state index >= 15 is 0 Å². The lowest BCUT2D eigenvalue weighted by molar-refractivity contribution is -0.131. The number of anilines is 1. The van der Waals surface area contributed by atoms with Crippen molar-refractivity contribution in [2.75, 3.05) is 18.0 Å². The van der Waals surface area contributed by atoms with Gasteiger partial charge in [0.25, 0.3) is 0 Å². The van der Waals surface area contributed by atoms with E-state index in [1.807, 2.05) is 18.7 Å². The maximum absolute atomic E-state index is 10.3. The summed E-state index contributed by atoms with van der Waals surface area (Å²) in [5.74, 6) is -0.315. The van der Waals surface area contributed by atoms with E-state index in [2.05, 4.69) is 9.97 Å². The highest BCUT2D eigenvalue weighted by Crippen LogP contribution is 2.07. The molecule has 1 rings (SSSR count). The predicted octanol–water partition coefficient (Wildman–Crippen LogP) is 1.42. The minimum absolute atomic E-state index is 0.664. The Morgan fingerprint density at radius 3 is 2.38 bits per heavy atom. The first-order chi connectivity index (χ1) is 7.67. The molecule has 0 aromatic carbocycles. The van der Waals surface area contributed by atoms with Crippen molar-refractivity contribution in [3.05, 3.63) is 24.0 Å². The zero-order valence-corrected chi connectivity index (χ0v) is 9.42. The molecule has 1 aromatic rings. The molecule has 0 aliphatic rings. The number of aliphatic carboxylic acids is 1. The Labute approximate surface area is 94.5 Å². The SMILES string of the molecule is CCN(CC)c1ncc(/C=C/C(=O)O)cn1. The van der Waals surface area contributed by atoms with Crippen LogP contribution in [0, 0.1) is 0 Å². The zero-order valence-electron chi connectivity index (χ0n) is 9.42. The van der Waals surface area contributed by atoms with E-state index in [1.165, 1.54) is 6.08 Å². The Morgan fingerprint density at radius 2 is 1.94 bits per heavy atom. The molecular weight excluding hydrogens is 206 g/mol. The molecule has 0 saturated carbocycles. The van der Waals surface area contributed by atoms with Crippen LogP contribution in [0.25, 0.3) is 6.08 Å². The fraction of sp³-hybridized carbons (Fsp3) is 0.364. The highest BCUT2D eigenvalue weighted by Gasteiger charge is 2.03. The number of hydrogen-bond donors (Lipinski definition) is 1. The van der Waals surface area contributed by atoms with Crippen LogP contribution in [0.1, 0.15) is 19.4 Å². The molecule has 1 aromatic heterocycles. The van der Waals surface area contributed by atoms with Gasteiger partial charge in [-0.25, -0.2) is 14.8 Å². The Balaban J connectivity index is 2.78. The fourth-order valence-corrected chi connectivity index (χ4v) is 1.25. The summed E-state index contributed by atoms with van der Waals surface area (Å²) in [6.07, 6.45) is 5.75. The van der Waals surface area contributed by atoms with Gasteiger partial charge in [0, 0.05) is 37.1 Å². The third-order valence-electron chi connectivity index (χ3n) is 2.12. The van der Waals surface area contributed by atoms with Gasteiger partial charge in [-0.15, -0.1) is 0 Å². The summed E-state index contributed by atoms with van der Waals surface area (Å²) in [5, 5.41) is 8.46. The second-order valence-corrected chi connectivity index (χ2v) is 3.16. The van der Waals surface area contributed by atoms with Gasteiger partial charge in [0.05, 0.1) is 0 Å². The molecule has 16 heavy (non-hydrogen) atoms. The van der Waals surface area contributed by atoms with E-state index in [4.69, 9.17) is 5.11 Å². The third kappa shape index (κ3) is 3.34. The van der Waals surface area contributed by atoms with Gasteiger partial charge in [-0.2, -0.15) is 0 Å². The van der Waals surface area contributed by atoms with Crippen LogP contribution in [-0.2, 0) is 4.79 Å². The van der Waals surface area contributed by atoms with Gasteiger partial charge in [-0.1, -0.05) is 0 Å². The quantitative estimate of drug-likeness (QED) is 0.762. The van der Waals surface area contributed by atoms with Gasteiger partial charge in [-0.3, -0.25) is 0 Å². The molecular formula is C11H15N3O2. The van der Waals surface area contributed by atoms with Crippen molar-refractivity contribution in [2.45, 2.75) is 13.8 Å². The van der Waals surface area contributed by atoms with Crippen molar-refractivity contribution in [3.8, 4) is 0 Å². The van der Waals surface area contributed by atoms with Crippen LogP contribution in [-0.4, -0.2) is 34.1 Å². The van der Waals surface area contributed by atoms with Crippen LogP contribution in [0.4, 0.5) is 5.95 Å². The topological polar surface area (TPSA) is 66.3 Å². The number of rotatable bonds is 5. The van der Waals surface area contributed by atoms with Crippen LogP contribution in [0.15, 0.2) is 18.5 Å². The molecule has 5 nitrogen and oxygen atoms in total. The smallest absolute Gasteiger partial charge is 0.328 e. The molecule has 1 N–H and O–H groups in total. The first-order valence-corrected chi connectivity index (χ1v) is 5.15. The van der Waals surface area contributed by atoms with Crippen molar-refractivity contribution in [3.63, 3.8) is 0 Å². The summed E-state index contributed by atoms with van der Waals surface area (Å²) in [5.41, 5.74) is 0.679. The molecule has 86 valence electrons. The lowest BCUT2D eigenvalue weighted by Gasteiger charge is -2.17. The van der Waals surface area contributed by atoms with Crippen LogP contribution in [0.3, 0.4) is 0 Å². The minimum Gasteiger partial charge on any atom is -0.478 e. The molecule has 0 radical (unpaired) electrons. The van der Waals surface area contributed by atoms with Gasteiger partial charge < -0.3 is 10.0 Å². The molecule has 0 saturated heterocycles. The van der Waals surface area contributed by atoms with E-state index < -0.39 is 5.97 Å². The Kier molecular flexibility index (Phi) is 4.44. The number of carboxylic acid groups (broad SMARTS) is 1. The molecule has 0 unspecified atom stereocenters. The minimum atomic E-state index is -0.979. The molecule has 0 aliphatic heterocycles. The predicted molar refractivity (Wildman–Crippen MR) is 62.3 cm³/mol. The lowest BCUT2D eigenvalue weighted by atomic mass is 10.3. The second-order valence-electron chi connectivity index (χ2n) is 3.16. The van der Waals surface area contributed by atoms with Crippen LogP contribution in [0.2, 0.25) is 0 Å². The normalized spacial score (nSPS) is 10.6. The Bertz CT molecular complexity index is 369. The van der Waals surface area contributed by atoms with Gasteiger partial charge in [-0.05, 0) is 19.9 Å². The summed E-state index contributed by atoms with van der Waals surface area (Å²) < 4.78 is 0. The van der Waals surface area contributed by atoms with Crippen molar-refractivity contribution in [1.82, 2.24) is 9.97 Å². The van der Waals surface area contributed by atoms with Crippen LogP contribution in [0.5, 0.6) is 0 Å². The molecule has 0 amide bonds. The standard InChI is InChI=1S/C11H15N3O2/c1-3-14(4-2)11-12-7-9(8-13-11)5-6-10(15)16/h5-8H,3-4H2,1-2H3,(H,15,16)/b6-5+. The number of carbonyl (C=O) groups is 1. The number of nitrogens with zero attached hydrogens (tertiary/aromatic N) is 3. The van der Waals surface area contributed by atoms with Crippen molar-refractivity contribution in [2.24, 2.45) is 0 Å². The molecule has 0 spiro atoms. The maximum Gasteiger partial charge on any atom is 0.328 e. The first kappa shape index (κ1) is 12.2. The summed E-state index contributed by atoms with van der Waals surface area (Å²) in [6.45, 7) is 5.76. The van der Waals surface area contributed by atoms with Crippen LogP contribution < -0.4 is 4.90 Å². The van der Waals surface area contributed by atoms with Crippen molar-refractivity contribution < 1.29 is 9.90 Å². The van der Waals surface area contributed by atoms with Crippen molar-refractivity contribution in [1.29, 1.82) is 0 Å².